The highest BCUT2D eigenvalue weighted by molar-refractivity contribution is 6.36. The Kier molecular flexibility index (Phi) is 6.93. The van der Waals surface area contributed by atoms with E-state index in [2.05, 4.69) is 0 Å². The topological polar surface area (TPSA) is 72.9 Å². The third-order valence-corrected chi connectivity index (χ3v) is 3.13. The normalized spacial score (nSPS) is 15.9. The molecule has 112 valence electrons. The Morgan fingerprint density at radius 1 is 1.25 bits per heavy atom. The summed E-state index contributed by atoms with van der Waals surface area (Å²) in [6.07, 6.45) is 2.08. The highest BCUT2D eigenvalue weighted by atomic mass is 16.5. The summed E-state index contributed by atoms with van der Waals surface area (Å²) in [6, 6.07) is 0. The zero-order valence-corrected chi connectivity index (χ0v) is 12.0. The first kappa shape index (κ1) is 16.4. The maximum atomic E-state index is 11.8. The van der Waals surface area contributed by atoms with Crippen LogP contribution in [0.1, 0.15) is 26.7 Å². The fourth-order valence-electron chi connectivity index (χ4n) is 1.66. The molecule has 0 radical (unpaired) electrons. The fraction of sp³-hybridized carbons (Fsp3) is 0.643. The van der Waals surface area contributed by atoms with Crippen molar-refractivity contribution in [3.63, 3.8) is 0 Å². The summed E-state index contributed by atoms with van der Waals surface area (Å²) < 4.78 is 9.95. The van der Waals surface area contributed by atoms with Gasteiger partial charge in [-0.25, -0.2) is 4.79 Å². The van der Waals surface area contributed by atoms with E-state index in [1.54, 1.807) is 0 Å². The first-order chi connectivity index (χ1) is 9.54. The van der Waals surface area contributed by atoms with Gasteiger partial charge in [0.2, 0.25) is 11.7 Å². The Hall–Kier alpha value is -1.69. The summed E-state index contributed by atoms with van der Waals surface area (Å²) >= 11 is 0. The molecule has 1 saturated heterocycles. The van der Waals surface area contributed by atoms with Crippen LogP contribution < -0.4 is 0 Å². The van der Waals surface area contributed by atoms with E-state index in [-0.39, 0.29) is 12.5 Å². The molecular weight excluding hydrogens is 262 g/mol. The van der Waals surface area contributed by atoms with Crippen LogP contribution in [0.4, 0.5) is 0 Å². The van der Waals surface area contributed by atoms with Gasteiger partial charge in [0.1, 0.15) is 0 Å². The van der Waals surface area contributed by atoms with Crippen LogP contribution in [0.25, 0.3) is 0 Å². The number of hydrogen-bond acceptors (Lipinski definition) is 5. The van der Waals surface area contributed by atoms with Gasteiger partial charge >= 0.3 is 5.97 Å². The van der Waals surface area contributed by atoms with Gasteiger partial charge in [-0.15, -0.1) is 0 Å². The molecule has 0 saturated carbocycles. The van der Waals surface area contributed by atoms with Gasteiger partial charge in [-0.05, 0) is 13.8 Å². The third kappa shape index (κ3) is 5.52. The van der Waals surface area contributed by atoms with Crippen LogP contribution in [0.5, 0.6) is 0 Å². The lowest BCUT2D eigenvalue weighted by atomic mass is 10.2. The second-order valence-electron chi connectivity index (χ2n) is 4.61. The van der Waals surface area contributed by atoms with Crippen molar-refractivity contribution in [1.29, 1.82) is 0 Å². The molecule has 20 heavy (non-hydrogen) atoms. The molecule has 1 amide bonds. The monoisotopic (exact) mass is 283 g/mol. The number of allylic oxidation sites excluding steroid dienone is 1. The van der Waals surface area contributed by atoms with E-state index in [0.29, 0.717) is 32.7 Å². The summed E-state index contributed by atoms with van der Waals surface area (Å²) in [6.45, 7) is 5.82. The number of ketones is 1. The molecule has 0 aromatic heterocycles. The fourth-order valence-corrected chi connectivity index (χ4v) is 1.66. The van der Waals surface area contributed by atoms with Crippen molar-refractivity contribution >= 4 is 17.7 Å². The molecule has 0 spiro atoms. The molecule has 0 aromatic carbocycles. The average molecular weight is 283 g/mol. The number of nitrogens with zero attached hydrogens (tertiary/aromatic N) is 1. The van der Waals surface area contributed by atoms with E-state index in [1.807, 2.05) is 19.9 Å². The van der Waals surface area contributed by atoms with E-state index >= 15 is 0 Å². The number of carbonyl (C=O) groups is 3. The van der Waals surface area contributed by atoms with Gasteiger partial charge in [0, 0.05) is 19.5 Å². The summed E-state index contributed by atoms with van der Waals surface area (Å²) in [7, 11) is 0. The molecule has 1 heterocycles. The van der Waals surface area contributed by atoms with Crippen molar-refractivity contribution in [2.24, 2.45) is 0 Å². The summed E-state index contributed by atoms with van der Waals surface area (Å²) in [4.78, 5) is 36.3. The number of hydrogen-bond donors (Lipinski definition) is 0. The van der Waals surface area contributed by atoms with Gasteiger partial charge in [-0.1, -0.05) is 11.6 Å². The molecule has 0 unspecified atom stereocenters. The lowest BCUT2D eigenvalue weighted by molar-refractivity contribution is -0.156. The molecular formula is C14H21NO5. The van der Waals surface area contributed by atoms with Crippen LogP contribution in [0.2, 0.25) is 0 Å². The van der Waals surface area contributed by atoms with E-state index in [9.17, 15) is 14.4 Å². The van der Waals surface area contributed by atoms with Crippen LogP contribution >= 0.6 is 0 Å². The Bertz CT molecular complexity index is 396. The Morgan fingerprint density at radius 2 is 1.90 bits per heavy atom. The van der Waals surface area contributed by atoms with Crippen molar-refractivity contribution in [3.8, 4) is 0 Å². The summed E-state index contributed by atoms with van der Waals surface area (Å²) in [5, 5.41) is 0. The van der Waals surface area contributed by atoms with E-state index < -0.39 is 18.2 Å². The third-order valence-electron chi connectivity index (χ3n) is 3.13. The van der Waals surface area contributed by atoms with Gasteiger partial charge in [0.15, 0.2) is 0 Å². The van der Waals surface area contributed by atoms with Gasteiger partial charge in [0.25, 0.3) is 0 Å². The van der Waals surface area contributed by atoms with Crippen LogP contribution in [0.3, 0.4) is 0 Å². The van der Waals surface area contributed by atoms with Crippen molar-refractivity contribution in [2.45, 2.75) is 26.7 Å². The van der Waals surface area contributed by atoms with Crippen LogP contribution in [-0.4, -0.2) is 55.5 Å². The Morgan fingerprint density at radius 3 is 2.50 bits per heavy atom. The second kappa shape index (κ2) is 8.47. The first-order valence-electron chi connectivity index (χ1n) is 6.72. The molecule has 6 heteroatoms. The SMILES string of the molecule is C/C=C(\C)CCOC(=O)C(=O)CC(=O)N1CCOCC1. The lowest BCUT2D eigenvalue weighted by Gasteiger charge is -2.26. The standard InChI is InChI=1S/C14H21NO5/c1-3-11(2)4-7-20-14(18)12(16)10-13(17)15-5-8-19-9-6-15/h3H,4-10H2,1-2H3/b11-3+. The van der Waals surface area contributed by atoms with Gasteiger partial charge in [0.05, 0.1) is 26.2 Å². The van der Waals surface area contributed by atoms with Crippen LogP contribution in [0.15, 0.2) is 11.6 Å². The predicted octanol–water partition coefficient (Wildman–Crippen LogP) is 0.704. The predicted molar refractivity (Wildman–Crippen MR) is 72.0 cm³/mol. The average Bonchev–Trinajstić information content (AvgIpc) is 2.47. The summed E-state index contributed by atoms with van der Waals surface area (Å²) in [5.74, 6) is -2.07. The second-order valence-corrected chi connectivity index (χ2v) is 4.61. The molecule has 1 aliphatic heterocycles. The Labute approximate surface area is 118 Å². The van der Waals surface area contributed by atoms with Crippen molar-refractivity contribution in [3.05, 3.63) is 11.6 Å². The van der Waals surface area contributed by atoms with Gasteiger partial charge in [-0.2, -0.15) is 0 Å². The number of carbonyl (C=O) groups excluding carboxylic acids is 3. The van der Waals surface area contributed by atoms with E-state index in [1.165, 1.54) is 4.90 Å². The molecule has 0 N–H and O–H groups in total. The number of rotatable bonds is 6. The highest BCUT2D eigenvalue weighted by Gasteiger charge is 2.24. The van der Waals surface area contributed by atoms with E-state index in [4.69, 9.17) is 9.47 Å². The Balaban J connectivity index is 2.30. The van der Waals surface area contributed by atoms with E-state index in [0.717, 1.165) is 5.57 Å². The number of amides is 1. The van der Waals surface area contributed by atoms with Crippen LogP contribution in [0, 0.1) is 0 Å². The molecule has 0 bridgehead atoms. The maximum Gasteiger partial charge on any atom is 0.375 e. The van der Waals surface area contributed by atoms with Crippen LogP contribution in [-0.2, 0) is 23.9 Å². The highest BCUT2D eigenvalue weighted by Crippen LogP contribution is 2.03. The maximum absolute atomic E-state index is 11.8. The zero-order chi connectivity index (χ0) is 15.0. The van der Waals surface area contributed by atoms with Crippen molar-refractivity contribution < 1.29 is 23.9 Å². The molecule has 0 aliphatic carbocycles. The molecule has 1 fully saturated rings. The largest absolute Gasteiger partial charge is 0.460 e. The lowest BCUT2D eigenvalue weighted by Crippen LogP contribution is -2.42. The van der Waals surface area contributed by atoms with Crippen molar-refractivity contribution in [2.75, 3.05) is 32.9 Å². The first-order valence-corrected chi connectivity index (χ1v) is 6.72. The minimum absolute atomic E-state index is 0.159. The minimum atomic E-state index is -0.935. The molecule has 6 nitrogen and oxygen atoms in total. The zero-order valence-electron chi connectivity index (χ0n) is 12.0. The molecule has 0 atom stereocenters. The minimum Gasteiger partial charge on any atom is -0.460 e. The molecule has 0 aromatic rings. The number of Topliss-reactive ketones (excluding diaryl/α,β-unsaturated/α-hetero) is 1. The summed E-state index contributed by atoms with van der Waals surface area (Å²) in [5.41, 5.74) is 1.08. The smallest absolute Gasteiger partial charge is 0.375 e. The quantitative estimate of drug-likeness (QED) is 0.310. The van der Waals surface area contributed by atoms with Crippen molar-refractivity contribution in [1.82, 2.24) is 4.90 Å². The number of morpholine rings is 1. The molecule has 1 aliphatic rings. The number of ether oxygens (including phenoxy) is 2. The number of esters is 1. The van der Waals surface area contributed by atoms with Gasteiger partial charge < -0.3 is 14.4 Å². The molecule has 1 rings (SSSR count). The van der Waals surface area contributed by atoms with Gasteiger partial charge in [-0.3, -0.25) is 9.59 Å².